The van der Waals surface area contributed by atoms with Crippen LogP contribution in [0.15, 0.2) is 53.5 Å². The minimum atomic E-state index is -1.00. The van der Waals surface area contributed by atoms with E-state index in [1.165, 1.54) is 24.2 Å². The zero-order valence-corrected chi connectivity index (χ0v) is 15.8. The van der Waals surface area contributed by atoms with Gasteiger partial charge in [0, 0.05) is 24.1 Å². The maximum atomic E-state index is 13.4. The highest BCUT2D eigenvalue weighted by atomic mass is 19.2. The Labute approximate surface area is 165 Å². The van der Waals surface area contributed by atoms with Gasteiger partial charge in [-0.05, 0) is 36.8 Å². The van der Waals surface area contributed by atoms with Crippen LogP contribution in [0.25, 0.3) is 10.9 Å². The number of carbonyl (C=O) groups excluding carboxylic acids is 2. The van der Waals surface area contributed by atoms with Crippen molar-refractivity contribution in [1.82, 2.24) is 15.2 Å². The fourth-order valence-corrected chi connectivity index (χ4v) is 2.92. The lowest BCUT2D eigenvalue weighted by atomic mass is 10.1. The molecule has 0 bridgehead atoms. The molecule has 2 N–H and O–H groups in total. The second kappa shape index (κ2) is 8.22. The van der Waals surface area contributed by atoms with Crippen molar-refractivity contribution in [3.8, 4) is 0 Å². The van der Waals surface area contributed by atoms with E-state index in [0.29, 0.717) is 16.5 Å². The molecular formula is C21H19F2N3O3. The first-order valence-corrected chi connectivity index (χ1v) is 8.89. The molecule has 8 heteroatoms. The maximum absolute atomic E-state index is 13.4. The van der Waals surface area contributed by atoms with E-state index in [4.69, 9.17) is 0 Å². The normalized spacial score (nSPS) is 11.9. The molecule has 0 aliphatic carbocycles. The van der Waals surface area contributed by atoms with E-state index in [1.54, 1.807) is 31.2 Å². The third kappa shape index (κ3) is 4.16. The van der Waals surface area contributed by atoms with Crippen molar-refractivity contribution in [3.05, 3.63) is 81.6 Å². The molecule has 0 fully saturated rings. The van der Waals surface area contributed by atoms with Crippen LogP contribution in [0.3, 0.4) is 0 Å². The van der Waals surface area contributed by atoms with Crippen molar-refractivity contribution in [1.29, 1.82) is 0 Å². The number of nitrogens with one attached hydrogen (secondary N) is 2. The molecule has 2 aromatic carbocycles. The van der Waals surface area contributed by atoms with Crippen LogP contribution in [0.1, 0.15) is 28.9 Å². The molecule has 0 aliphatic heterocycles. The minimum Gasteiger partial charge on any atom is -0.360 e. The standard InChI is InChI=1S/C21H19F2N3O3/c1-12(13-7-8-16(22)17(23)9-13)26(2)19(27)11-25-21(29)15-10-24-18-6-4-3-5-14(18)20(15)28/h3-10,12H,11H2,1-2H3,(H,24,28)(H,25,29). The van der Waals surface area contributed by atoms with Crippen molar-refractivity contribution in [3.63, 3.8) is 0 Å². The molecule has 3 rings (SSSR count). The maximum Gasteiger partial charge on any atom is 0.257 e. The van der Waals surface area contributed by atoms with Gasteiger partial charge in [0.05, 0.1) is 12.6 Å². The fraction of sp³-hybridized carbons (Fsp3) is 0.190. The number of benzene rings is 2. The number of carbonyl (C=O) groups is 2. The molecule has 0 radical (unpaired) electrons. The van der Waals surface area contributed by atoms with E-state index >= 15 is 0 Å². The van der Waals surface area contributed by atoms with Crippen LogP contribution >= 0.6 is 0 Å². The highest BCUT2D eigenvalue weighted by molar-refractivity contribution is 5.98. The fourth-order valence-electron chi connectivity index (χ4n) is 2.92. The van der Waals surface area contributed by atoms with E-state index < -0.39 is 34.9 Å². The molecule has 6 nitrogen and oxygen atoms in total. The van der Waals surface area contributed by atoms with Crippen molar-refractivity contribution < 1.29 is 18.4 Å². The number of fused-ring (bicyclic) bond motifs is 1. The van der Waals surface area contributed by atoms with Crippen LogP contribution in [-0.4, -0.2) is 35.3 Å². The Morgan fingerprint density at radius 2 is 1.86 bits per heavy atom. The van der Waals surface area contributed by atoms with Crippen molar-refractivity contribution in [2.24, 2.45) is 0 Å². The summed E-state index contributed by atoms with van der Waals surface area (Å²) in [5.41, 5.74) is 0.475. The van der Waals surface area contributed by atoms with Gasteiger partial charge in [0.25, 0.3) is 5.91 Å². The van der Waals surface area contributed by atoms with Gasteiger partial charge in [-0.15, -0.1) is 0 Å². The van der Waals surface area contributed by atoms with Crippen LogP contribution in [0.5, 0.6) is 0 Å². The lowest BCUT2D eigenvalue weighted by molar-refractivity contribution is -0.130. The van der Waals surface area contributed by atoms with E-state index in [0.717, 1.165) is 12.1 Å². The molecule has 1 unspecified atom stereocenters. The number of hydrogen-bond acceptors (Lipinski definition) is 3. The summed E-state index contributed by atoms with van der Waals surface area (Å²) < 4.78 is 26.5. The second-order valence-corrected chi connectivity index (χ2v) is 6.61. The first-order chi connectivity index (χ1) is 13.8. The number of likely N-dealkylation sites (N-methyl/N-ethyl adjacent to an activating group) is 1. The number of hydrogen-bond donors (Lipinski definition) is 2. The number of amides is 2. The van der Waals surface area contributed by atoms with E-state index in [2.05, 4.69) is 10.3 Å². The van der Waals surface area contributed by atoms with E-state index in [-0.39, 0.29) is 12.1 Å². The Balaban J connectivity index is 1.68. The average molecular weight is 399 g/mol. The highest BCUT2D eigenvalue weighted by Crippen LogP contribution is 2.20. The first kappa shape index (κ1) is 20.2. The van der Waals surface area contributed by atoms with Gasteiger partial charge in [0.15, 0.2) is 11.6 Å². The molecule has 0 saturated carbocycles. The lowest BCUT2D eigenvalue weighted by Crippen LogP contribution is -2.40. The smallest absolute Gasteiger partial charge is 0.257 e. The highest BCUT2D eigenvalue weighted by Gasteiger charge is 2.20. The van der Waals surface area contributed by atoms with Crippen LogP contribution in [0.4, 0.5) is 8.78 Å². The molecule has 0 aliphatic rings. The molecule has 1 aromatic heterocycles. The molecule has 0 spiro atoms. The summed E-state index contributed by atoms with van der Waals surface area (Å²) in [5.74, 6) is -3.10. The number of aromatic nitrogens is 1. The number of nitrogens with zero attached hydrogens (tertiary/aromatic N) is 1. The summed E-state index contributed by atoms with van der Waals surface area (Å²) in [5, 5.41) is 2.80. The minimum absolute atomic E-state index is 0.104. The zero-order valence-electron chi connectivity index (χ0n) is 15.8. The Kier molecular flexibility index (Phi) is 5.72. The summed E-state index contributed by atoms with van der Waals surface area (Å²) in [4.78, 5) is 41.4. The number of rotatable bonds is 5. The SMILES string of the molecule is CC(c1ccc(F)c(F)c1)N(C)C(=O)CNC(=O)c1c[nH]c2ccccc2c1=O. The summed E-state index contributed by atoms with van der Waals surface area (Å²) >= 11 is 0. The van der Waals surface area contributed by atoms with Crippen molar-refractivity contribution in [2.45, 2.75) is 13.0 Å². The quantitative estimate of drug-likeness (QED) is 0.692. The number of halogens is 2. The predicted molar refractivity (Wildman–Crippen MR) is 104 cm³/mol. The van der Waals surface area contributed by atoms with Crippen LogP contribution in [0, 0.1) is 11.6 Å². The average Bonchev–Trinajstić information content (AvgIpc) is 2.73. The van der Waals surface area contributed by atoms with E-state index in [1.807, 2.05) is 0 Å². The third-order valence-electron chi connectivity index (χ3n) is 4.83. The predicted octanol–water partition coefficient (Wildman–Crippen LogP) is 2.76. The molecular weight excluding hydrogens is 380 g/mol. The molecule has 29 heavy (non-hydrogen) atoms. The third-order valence-corrected chi connectivity index (χ3v) is 4.83. The topological polar surface area (TPSA) is 82.3 Å². The molecule has 3 aromatic rings. The largest absolute Gasteiger partial charge is 0.360 e. The van der Waals surface area contributed by atoms with Gasteiger partial charge in [-0.3, -0.25) is 14.4 Å². The first-order valence-electron chi connectivity index (χ1n) is 8.89. The number of aromatic amines is 1. The monoisotopic (exact) mass is 399 g/mol. The summed E-state index contributed by atoms with van der Waals surface area (Å²) in [6, 6.07) is 9.64. The van der Waals surface area contributed by atoms with Gasteiger partial charge in [-0.2, -0.15) is 0 Å². The van der Waals surface area contributed by atoms with Crippen LogP contribution < -0.4 is 10.7 Å². The van der Waals surface area contributed by atoms with Gasteiger partial charge in [0.2, 0.25) is 11.3 Å². The Morgan fingerprint density at radius 1 is 1.14 bits per heavy atom. The summed E-state index contributed by atoms with van der Waals surface area (Å²) in [6.07, 6.45) is 1.30. The van der Waals surface area contributed by atoms with Gasteiger partial charge in [-0.25, -0.2) is 8.78 Å². The summed E-state index contributed by atoms with van der Waals surface area (Å²) in [6.45, 7) is 1.30. The summed E-state index contributed by atoms with van der Waals surface area (Å²) in [7, 11) is 1.49. The van der Waals surface area contributed by atoms with Gasteiger partial charge in [-0.1, -0.05) is 18.2 Å². The molecule has 1 atom stereocenters. The second-order valence-electron chi connectivity index (χ2n) is 6.61. The molecule has 150 valence electrons. The Bertz CT molecular complexity index is 1140. The van der Waals surface area contributed by atoms with E-state index in [9.17, 15) is 23.2 Å². The van der Waals surface area contributed by atoms with Gasteiger partial charge < -0.3 is 15.2 Å². The van der Waals surface area contributed by atoms with Gasteiger partial charge in [0.1, 0.15) is 5.56 Å². The lowest BCUT2D eigenvalue weighted by Gasteiger charge is -2.25. The Hall–Kier alpha value is -3.55. The number of pyridine rings is 1. The van der Waals surface area contributed by atoms with Gasteiger partial charge >= 0.3 is 0 Å². The van der Waals surface area contributed by atoms with Crippen molar-refractivity contribution in [2.75, 3.05) is 13.6 Å². The number of H-pyrrole nitrogens is 1. The van der Waals surface area contributed by atoms with Crippen LogP contribution in [-0.2, 0) is 4.79 Å². The van der Waals surface area contributed by atoms with Crippen molar-refractivity contribution >= 4 is 22.7 Å². The number of para-hydroxylation sites is 1. The molecule has 0 saturated heterocycles. The molecule has 1 heterocycles. The molecule has 2 amide bonds. The Morgan fingerprint density at radius 3 is 2.59 bits per heavy atom. The van der Waals surface area contributed by atoms with Crippen LogP contribution in [0.2, 0.25) is 0 Å². The zero-order chi connectivity index (χ0) is 21.1.